The minimum absolute atomic E-state index is 0.167. The normalized spacial score (nSPS) is 23.1. The molecule has 2 rings (SSSR count). The van der Waals surface area contributed by atoms with Crippen LogP contribution in [-0.2, 0) is 9.53 Å². The molecule has 2 atom stereocenters. The number of hydrogen-bond acceptors (Lipinski definition) is 4. The van der Waals surface area contributed by atoms with Crippen LogP contribution in [0.15, 0.2) is 18.2 Å². The van der Waals surface area contributed by atoms with Gasteiger partial charge in [-0.25, -0.2) is 10.9 Å². The highest BCUT2D eigenvalue weighted by atomic mass is 16.5. The van der Waals surface area contributed by atoms with Gasteiger partial charge in [0.05, 0.1) is 6.61 Å². The van der Waals surface area contributed by atoms with E-state index in [9.17, 15) is 4.79 Å². The predicted molar refractivity (Wildman–Crippen MR) is 70.0 cm³/mol. The fourth-order valence-corrected chi connectivity index (χ4v) is 2.37. The van der Waals surface area contributed by atoms with E-state index in [2.05, 4.69) is 42.9 Å². The van der Waals surface area contributed by atoms with Crippen molar-refractivity contribution in [2.24, 2.45) is 0 Å². The summed E-state index contributed by atoms with van der Waals surface area (Å²) in [7, 11) is 0. The molecule has 1 saturated heterocycles. The van der Waals surface area contributed by atoms with Crippen LogP contribution in [0.25, 0.3) is 0 Å². The lowest BCUT2D eigenvalue weighted by molar-refractivity contribution is -0.145. The maximum atomic E-state index is 11.6. The SMILES string of the molecule is CCOC(=O)C1CC(c2ccc(C)cc2C)NN1. The van der Waals surface area contributed by atoms with Crippen molar-refractivity contribution in [2.45, 2.75) is 39.3 Å². The second kappa shape index (κ2) is 5.50. The van der Waals surface area contributed by atoms with Crippen LogP contribution in [0.1, 0.15) is 36.1 Å². The quantitative estimate of drug-likeness (QED) is 0.801. The molecule has 98 valence electrons. The molecule has 18 heavy (non-hydrogen) atoms. The molecule has 1 aromatic rings. The molecule has 0 spiro atoms. The Morgan fingerprint density at radius 3 is 2.83 bits per heavy atom. The second-order valence-electron chi connectivity index (χ2n) is 4.74. The van der Waals surface area contributed by atoms with Gasteiger partial charge < -0.3 is 4.74 Å². The lowest BCUT2D eigenvalue weighted by Gasteiger charge is -2.13. The van der Waals surface area contributed by atoms with Gasteiger partial charge in [0.2, 0.25) is 0 Å². The molecular weight excluding hydrogens is 228 g/mol. The summed E-state index contributed by atoms with van der Waals surface area (Å²) in [6, 6.07) is 6.30. The Bertz CT molecular complexity index is 445. The summed E-state index contributed by atoms with van der Waals surface area (Å²) >= 11 is 0. The van der Waals surface area contributed by atoms with E-state index in [1.54, 1.807) is 0 Å². The summed E-state index contributed by atoms with van der Waals surface area (Å²) in [5.41, 5.74) is 9.92. The Labute approximate surface area is 108 Å². The van der Waals surface area contributed by atoms with Gasteiger partial charge in [-0.05, 0) is 38.3 Å². The molecule has 2 N–H and O–H groups in total. The molecule has 1 aliphatic heterocycles. The number of rotatable bonds is 3. The number of carbonyl (C=O) groups excluding carboxylic acids is 1. The summed E-state index contributed by atoms with van der Waals surface area (Å²) in [5.74, 6) is -0.183. The number of benzene rings is 1. The first kappa shape index (κ1) is 13.1. The Balaban J connectivity index is 2.06. The fourth-order valence-electron chi connectivity index (χ4n) is 2.37. The molecule has 0 bridgehead atoms. The van der Waals surface area contributed by atoms with Crippen molar-refractivity contribution >= 4 is 5.97 Å². The summed E-state index contributed by atoms with van der Waals surface area (Å²) in [5, 5.41) is 0. The maximum absolute atomic E-state index is 11.6. The molecule has 1 aliphatic rings. The van der Waals surface area contributed by atoms with E-state index in [1.165, 1.54) is 16.7 Å². The molecule has 4 nitrogen and oxygen atoms in total. The van der Waals surface area contributed by atoms with Crippen molar-refractivity contribution in [3.05, 3.63) is 34.9 Å². The Morgan fingerprint density at radius 1 is 1.39 bits per heavy atom. The van der Waals surface area contributed by atoms with Crippen molar-refractivity contribution < 1.29 is 9.53 Å². The Morgan fingerprint density at radius 2 is 2.17 bits per heavy atom. The van der Waals surface area contributed by atoms with Crippen LogP contribution in [0, 0.1) is 13.8 Å². The minimum Gasteiger partial charge on any atom is -0.465 e. The molecule has 0 saturated carbocycles. The third-order valence-electron chi connectivity index (χ3n) is 3.28. The third-order valence-corrected chi connectivity index (χ3v) is 3.28. The van der Waals surface area contributed by atoms with Gasteiger partial charge in [-0.2, -0.15) is 0 Å². The highest BCUT2D eigenvalue weighted by Crippen LogP contribution is 2.26. The van der Waals surface area contributed by atoms with Gasteiger partial charge in [-0.3, -0.25) is 4.79 Å². The van der Waals surface area contributed by atoms with E-state index in [0.717, 1.165) is 6.42 Å². The first-order valence-corrected chi connectivity index (χ1v) is 6.36. The number of carbonyl (C=O) groups is 1. The zero-order chi connectivity index (χ0) is 13.1. The monoisotopic (exact) mass is 248 g/mol. The highest BCUT2D eigenvalue weighted by molar-refractivity contribution is 5.76. The molecule has 1 heterocycles. The van der Waals surface area contributed by atoms with Crippen molar-refractivity contribution in [3.8, 4) is 0 Å². The maximum Gasteiger partial charge on any atom is 0.324 e. The Hall–Kier alpha value is -1.39. The van der Waals surface area contributed by atoms with Gasteiger partial charge in [0.1, 0.15) is 6.04 Å². The molecule has 1 aromatic carbocycles. The van der Waals surface area contributed by atoms with Gasteiger partial charge in [0.15, 0.2) is 0 Å². The topological polar surface area (TPSA) is 50.4 Å². The number of nitrogens with one attached hydrogen (secondary N) is 2. The summed E-state index contributed by atoms with van der Waals surface area (Å²) in [6.07, 6.45) is 0.725. The van der Waals surface area contributed by atoms with E-state index in [4.69, 9.17) is 4.74 Å². The van der Waals surface area contributed by atoms with Gasteiger partial charge in [-0.15, -0.1) is 0 Å². The number of ether oxygens (including phenoxy) is 1. The van der Waals surface area contributed by atoms with Crippen molar-refractivity contribution in [2.75, 3.05) is 6.61 Å². The first-order chi connectivity index (χ1) is 8.61. The lowest BCUT2D eigenvalue weighted by atomic mass is 9.96. The summed E-state index contributed by atoms with van der Waals surface area (Å²) in [4.78, 5) is 11.6. The van der Waals surface area contributed by atoms with Crippen LogP contribution in [-0.4, -0.2) is 18.6 Å². The lowest BCUT2D eigenvalue weighted by Crippen LogP contribution is -2.37. The van der Waals surface area contributed by atoms with Crippen LogP contribution >= 0.6 is 0 Å². The van der Waals surface area contributed by atoms with Crippen LogP contribution in [0.2, 0.25) is 0 Å². The van der Waals surface area contributed by atoms with Crippen molar-refractivity contribution in [3.63, 3.8) is 0 Å². The fraction of sp³-hybridized carbons (Fsp3) is 0.500. The number of esters is 1. The Kier molecular flexibility index (Phi) is 3.99. The molecule has 1 fully saturated rings. The van der Waals surface area contributed by atoms with Gasteiger partial charge in [0.25, 0.3) is 0 Å². The molecule has 0 amide bonds. The number of hydrazine groups is 1. The molecule has 0 aliphatic carbocycles. The number of hydrogen-bond donors (Lipinski definition) is 2. The molecule has 0 radical (unpaired) electrons. The smallest absolute Gasteiger partial charge is 0.324 e. The van der Waals surface area contributed by atoms with Crippen LogP contribution in [0.3, 0.4) is 0 Å². The minimum atomic E-state index is -0.254. The number of aryl methyl sites for hydroxylation is 2. The van der Waals surface area contributed by atoms with Crippen LogP contribution < -0.4 is 10.9 Å². The molecule has 2 unspecified atom stereocenters. The van der Waals surface area contributed by atoms with Crippen LogP contribution in [0.5, 0.6) is 0 Å². The van der Waals surface area contributed by atoms with Crippen molar-refractivity contribution in [1.29, 1.82) is 0 Å². The zero-order valence-corrected chi connectivity index (χ0v) is 11.1. The van der Waals surface area contributed by atoms with E-state index < -0.39 is 0 Å². The predicted octanol–water partition coefficient (Wildman–Crippen LogP) is 1.77. The van der Waals surface area contributed by atoms with E-state index in [0.29, 0.717) is 6.61 Å². The van der Waals surface area contributed by atoms with Gasteiger partial charge in [0, 0.05) is 6.04 Å². The molecular formula is C14H20N2O2. The van der Waals surface area contributed by atoms with E-state index in [1.807, 2.05) is 6.92 Å². The zero-order valence-electron chi connectivity index (χ0n) is 11.1. The van der Waals surface area contributed by atoms with Gasteiger partial charge in [-0.1, -0.05) is 23.8 Å². The average Bonchev–Trinajstić information content (AvgIpc) is 2.78. The van der Waals surface area contributed by atoms with E-state index >= 15 is 0 Å². The largest absolute Gasteiger partial charge is 0.465 e. The summed E-state index contributed by atoms with van der Waals surface area (Å²) < 4.78 is 5.02. The van der Waals surface area contributed by atoms with Gasteiger partial charge >= 0.3 is 5.97 Å². The highest BCUT2D eigenvalue weighted by Gasteiger charge is 2.31. The molecule has 4 heteroatoms. The first-order valence-electron chi connectivity index (χ1n) is 6.36. The average molecular weight is 248 g/mol. The second-order valence-corrected chi connectivity index (χ2v) is 4.74. The standard InChI is InChI=1S/C14H20N2O2/c1-4-18-14(17)13-8-12(15-16-13)11-6-5-9(2)7-10(11)3/h5-7,12-13,15-16H,4,8H2,1-3H3. The molecule has 0 aromatic heterocycles. The van der Waals surface area contributed by atoms with Crippen LogP contribution in [0.4, 0.5) is 0 Å². The third kappa shape index (κ3) is 2.71. The summed E-state index contributed by atoms with van der Waals surface area (Å²) in [6.45, 7) is 6.42. The van der Waals surface area contributed by atoms with Crippen molar-refractivity contribution in [1.82, 2.24) is 10.9 Å². The van der Waals surface area contributed by atoms with E-state index in [-0.39, 0.29) is 18.1 Å².